The van der Waals surface area contributed by atoms with Crippen molar-refractivity contribution >= 4 is 11.0 Å². The molecule has 0 saturated carbocycles. The largest absolute Gasteiger partial charge is 0.493 e. The molecule has 8 nitrogen and oxygen atoms in total. The lowest BCUT2D eigenvalue weighted by Crippen LogP contribution is -2.21. The predicted molar refractivity (Wildman–Crippen MR) is 136 cm³/mol. The number of methoxy groups -OCH3 is 1. The van der Waals surface area contributed by atoms with Crippen LogP contribution in [0.5, 0.6) is 23.0 Å². The van der Waals surface area contributed by atoms with Crippen LogP contribution in [0.15, 0.2) is 82.9 Å². The van der Waals surface area contributed by atoms with Gasteiger partial charge in [-0.1, -0.05) is 25.3 Å². The molecule has 0 fully saturated rings. The van der Waals surface area contributed by atoms with E-state index in [1.54, 1.807) is 63.4 Å². The van der Waals surface area contributed by atoms with E-state index in [9.17, 15) is 4.79 Å². The maximum absolute atomic E-state index is 13.2. The number of fused-ring (bicyclic) bond motifs is 1. The van der Waals surface area contributed by atoms with E-state index in [1.807, 2.05) is 0 Å². The average Bonchev–Trinajstić information content (AvgIpc) is 3.22. The van der Waals surface area contributed by atoms with Gasteiger partial charge in [0.05, 0.1) is 7.11 Å². The van der Waals surface area contributed by atoms with E-state index in [-0.39, 0.29) is 18.6 Å². The standard InChI is InChI=1S/C28H28O8/c1-6-10-31-24-12-18(8-9-22(24)30-5)23-15-21(29)27-25(32-11-7-2)13-19(14-26(27)35-23)33-16-20-17-34-28(3,4)36-20/h6-9,12-15,17H,1-2,10-11,16H2,3-5H3. The van der Waals surface area contributed by atoms with Gasteiger partial charge in [0, 0.05) is 37.6 Å². The Bertz CT molecular complexity index is 1370. The molecular formula is C28H28O8. The van der Waals surface area contributed by atoms with Gasteiger partial charge in [-0.3, -0.25) is 4.79 Å². The Labute approximate surface area is 208 Å². The van der Waals surface area contributed by atoms with Crippen molar-refractivity contribution in [3.8, 4) is 34.3 Å². The van der Waals surface area contributed by atoms with Gasteiger partial charge in [-0.15, -0.1) is 0 Å². The molecule has 0 saturated heterocycles. The molecule has 0 atom stereocenters. The van der Waals surface area contributed by atoms with Crippen LogP contribution < -0.4 is 24.4 Å². The van der Waals surface area contributed by atoms with Gasteiger partial charge in [-0.05, 0) is 18.2 Å². The van der Waals surface area contributed by atoms with Gasteiger partial charge in [0.2, 0.25) is 5.79 Å². The molecule has 0 unspecified atom stereocenters. The highest BCUT2D eigenvalue weighted by Gasteiger charge is 2.28. The molecule has 36 heavy (non-hydrogen) atoms. The maximum Gasteiger partial charge on any atom is 0.244 e. The number of ether oxygens (including phenoxy) is 6. The Hall–Kier alpha value is -4.33. The van der Waals surface area contributed by atoms with Gasteiger partial charge in [-0.25, -0.2) is 0 Å². The molecule has 3 aromatic rings. The Morgan fingerprint density at radius 2 is 1.69 bits per heavy atom. The third-order valence-electron chi connectivity index (χ3n) is 5.16. The third kappa shape index (κ3) is 5.49. The number of rotatable bonds is 11. The van der Waals surface area contributed by atoms with Gasteiger partial charge in [0.15, 0.2) is 22.7 Å². The average molecular weight is 493 g/mol. The minimum absolute atomic E-state index is 0.127. The van der Waals surface area contributed by atoms with Crippen LogP contribution in [0.2, 0.25) is 0 Å². The highest BCUT2D eigenvalue weighted by atomic mass is 16.7. The fourth-order valence-corrected chi connectivity index (χ4v) is 3.60. The van der Waals surface area contributed by atoms with Gasteiger partial charge >= 0.3 is 0 Å². The Morgan fingerprint density at radius 3 is 2.36 bits per heavy atom. The van der Waals surface area contributed by atoms with Crippen LogP contribution in [0.1, 0.15) is 13.8 Å². The molecule has 8 heteroatoms. The van der Waals surface area contributed by atoms with Crippen molar-refractivity contribution in [2.45, 2.75) is 19.6 Å². The summed E-state index contributed by atoms with van der Waals surface area (Å²) in [5, 5.41) is 0.297. The summed E-state index contributed by atoms with van der Waals surface area (Å²) in [4.78, 5) is 13.2. The Morgan fingerprint density at radius 1 is 0.944 bits per heavy atom. The molecular weight excluding hydrogens is 464 g/mol. The zero-order chi connectivity index (χ0) is 25.7. The van der Waals surface area contributed by atoms with Gasteiger partial charge in [0.1, 0.15) is 54.3 Å². The van der Waals surface area contributed by atoms with E-state index >= 15 is 0 Å². The highest BCUT2D eigenvalue weighted by molar-refractivity contribution is 5.86. The molecule has 2 heterocycles. The van der Waals surface area contributed by atoms with E-state index < -0.39 is 5.79 Å². The van der Waals surface area contributed by atoms with Crippen molar-refractivity contribution in [3.63, 3.8) is 0 Å². The van der Waals surface area contributed by atoms with Crippen molar-refractivity contribution in [3.05, 3.63) is 84.0 Å². The molecule has 1 aromatic heterocycles. The first kappa shape index (κ1) is 24.8. The monoisotopic (exact) mass is 492 g/mol. The van der Waals surface area contributed by atoms with Crippen LogP contribution in [-0.4, -0.2) is 32.7 Å². The van der Waals surface area contributed by atoms with Crippen molar-refractivity contribution in [2.75, 3.05) is 26.9 Å². The van der Waals surface area contributed by atoms with E-state index in [0.717, 1.165) is 0 Å². The maximum atomic E-state index is 13.2. The van der Waals surface area contributed by atoms with E-state index in [0.29, 0.717) is 57.7 Å². The first-order valence-corrected chi connectivity index (χ1v) is 11.3. The van der Waals surface area contributed by atoms with Crippen LogP contribution in [-0.2, 0) is 9.47 Å². The quantitative estimate of drug-likeness (QED) is 0.320. The molecule has 4 rings (SSSR count). The molecule has 1 aliphatic heterocycles. The van der Waals surface area contributed by atoms with Crippen LogP contribution in [0.3, 0.4) is 0 Å². The first-order chi connectivity index (χ1) is 17.3. The number of benzene rings is 2. The lowest BCUT2D eigenvalue weighted by atomic mass is 10.1. The third-order valence-corrected chi connectivity index (χ3v) is 5.16. The van der Waals surface area contributed by atoms with Gasteiger partial charge in [-0.2, -0.15) is 0 Å². The topological polar surface area (TPSA) is 85.6 Å². The van der Waals surface area contributed by atoms with E-state index in [2.05, 4.69) is 13.2 Å². The van der Waals surface area contributed by atoms with Crippen LogP contribution in [0, 0.1) is 0 Å². The molecule has 1 aliphatic rings. The Balaban J connectivity index is 1.73. The van der Waals surface area contributed by atoms with Crippen molar-refractivity contribution < 1.29 is 32.8 Å². The summed E-state index contributed by atoms with van der Waals surface area (Å²) in [6, 6.07) is 9.96. The number of hydrogen-bond acceptors (Lipinski definition) is 8. The van der Waals surface area contributed by atoms with Gasteiger partial charge < -0.3 is 32.8 Å². The van der Waals surface area contributed by atoms with E-state index in [4.69, 9.17) is 32.8 Å². The summed E-state index contributed by atoms with van der Waals surface area (Å²) < 4.78 is 40.0. The zero-order valence-corrected chi connectivity index (χ0v) is 20.5. The highest BCUT2D eigenvalue weighted by Crippen LogP contribution is 2.36. The molecule has 0 bridgehead atoms. The second-order valence-electron chi connectivity index (χ2n) is 8.33. The summed E-state index contributed by atoms with van der Waals surface area (Å²) >= 11 is 0. The summed E-state index contributed by atoms with van der Waals surface area (Å²) in [6.07, 6.45) is 4.74. The summed E-state index contributed by atoms with van der Waals surface area (Å²) in [5.41, 5.74) is 0.673. The molecule has 2 aromatic carbocycles. The molecule has 0 N–H and O–H groups in total. The second-order valence-corrected chi connectivity index (χ2v) is 8.33. The SMILES string of the molecule is C=CCOc1cc(-c2cc(=O)c3c(OCC=C)cc(OCC4=COC(C)(C)O4)cc3o2)ccc1OC. The van der Waals surface area contributed by atoms with Crippen LogP contribution in [0.4, 0.5) is 0 Å². The molecule has 188 valence electrons. The molecule has 0 aliphatic carbocycles. The second kappa shape index (κ2) is 10.5. The minimum Gasteiger partial charge on any atom is -0.493 e. The first-order valence-electron chi connectivity index (χ1n) is 11.3. The lowest BCUT2D eigenvalue weighted by Gasteiger charge is -2.18. The Kier molecular flexibility index (Phi) is 7.24. The zero-order valence-electron chi connectivity index (χ0n) is 20.5. The molecule has 0 spiro atoms. The summed E-state index contributed by atoms with van der Waals surface area (Å²) in [7, 11) is 1.55. The fraction of sp³-hybridized carbons (Fsp3) is 0.250. The van der Waals surface area contributed by atoms with Crippen molar-refractivity contribution in [2.24, 2.45) is 0 Å². The van der Waals surface area contributed by atoms with Crippen molar-refractivity contribution in [1.29, 1.82) is 0 Å². The fourth-order valence-electron chi connectivity index (χ4n) is 3.60. The predicted octanol–water partition coefficient (Wildman–Crippen LogP) is 5.60. The number of hydrogen-bond donors (Lipinski definition) is 0. The molecule has 0 radical (unpaired) electrons. The smallest absolute Gasteiger partial charge is 0.244 e. The lowest BCUT2D eigenvalue weighted by molar-refractivity contribution is -0.119. The van der Waals surface area contributed by atoms with Crippen molar-refractivity contribution in [1.82, 2.24) is 0 Å². The van der Waals surface area contributed by atoms with Crippen LogP contribution in [0.25, 0.3) is 22.3 Å². The van der Waals surface area contributed by atoms with E-state index in [1.165, 1.54) is 12.3 Å². The normalized spacial score (nSPS) is 13.8. The minimum atomic E-state index is -0.741. The van der Waals surface area contributed by atoms with Crippen LogP contribution >= 0.6 is 0 Å². The molecule has 0 amide bonds. The van der Waals surface area contributed by atoms with Gasteiger partial charge in [0.25, 0.3) is 0 Å². The summed E-state index contributed by atoms with van der Waals surface area (Å²) in [5.74, 6) is 1.95. The summed E-state index contributed by atoms with van der Waals surface area (Å²) in [6.45, 7) is 11.6.